The molecule has 1 fully saturated rings. The fourth-order valence-corrected chi connectivity index (χ4v) is 5.10. The third-order valence-corrected chi connectivity index (χ3v) is 7.13. The summed E-state index contributed by atoms with van der Waals surface area (Å²) in [5, 5.41) is 2.60. The fraction of sp³-hybridized carbons (Fsp3) is 0.481. The van der Waals surface area contributed by atoms with Crippen LogP contribution in [0.15, 0.2) is 30.3 Å². The van der Waals surface area contributed by atoms with E-state index in [1.165, 1.54) is 0 Å². The number of amides is 2. The number of nitrogens with zero attached hydrogens (tertiary/aromatic N) is 2. The van der Waals surface area contributed by atoms with Crippen LogP contribution in [0.25, 0.3) is 0 Å². The van der Waals surface area contributed by atoms with E-state index in [2.05, 4.69) is 10.2 Å². The highest BCUT2D eigenvalue weighted by Gasteiger charge is 2.35. The van der Waals surface area contributed by atoms with Gasteiger partial charge < -0.3 is 24.6 Å². The van der Waals surface area contributed by atoms with Gasteiger partial charge in [0.2, 0.25) is 5.91 Å². The molecule has 2 aliphatic rings. The van der Waals surface area contributed by atoms with Crippen molar-refractivity contribution in [2.24, 2.45) is 5.92 Å². The number of ether oxygens (including phenoxy) is 2. The van der Waals surface area contributed by atoms with Gasteiger partial charge in [0.25, 0.3) is 5.91 Å². The van der Waals surface area contributed by atoms with Crippen LogP contribution < -0.4 is 14.8 Å². The van der Waals surface area contributed by atoms with Crippen molar-refractivity contribution in [2.45, 2.75) is 32.0 Å². The molecule has 1 unspecified atom stereocenters. The molecule has 7 nitrogen and oxygen atoms in total. The first kappa shape index (κ1) is 27.7. The fourth-order valence-electron chi connectivity index (χ4n) is 5.10. The van der Waals surface area contributed by atoms with Gasteiger partial charge in [-0.05, 0) is 67.3 Å². The maximum absolute atomic E-state index is 13.5. The lowest BCUT2D eigenvalue weighted by molar-refractivity contribution is -0.140. The van der Waals surface area contributed by atoms with Crippen molar-refractivity contribution < 1.29 is 36.6 Å². The Hall–Kier alpha value is -3.34. The van der Waals surface area contributed by atoms with Gasteiger partial charge in [-0.25, -0.2) is 4.39 Å². The summed E-state index contributed by atoms with van der Waals surface area (Å²) in [6.45, 7) is 3.05. The van der Waals surface area contributed by atoms with Crippen LogP contribution in [0.1, 0.15) is 39.9 Å². The summed E-state index contributed by atoms with van der Waals surface area (Å²) in [4.78, 5) is 29.6. The van der Waals surface area contributed by atoms with Crippen molar-refractivity contribution in [1.82, 2.24) is 15.1 Å². The molecule has 2 amide bonds. The molecule has 1 atom stereocenters. The van der Waals surface area contributed by atoms with Crippen LogP contribution in [0.2, 0.25) is 0 Å². The van der Waals surface area contributed by atoms with E-state index in [-0.39, 0.29) is 23.9 Å². The van der Waals surface area contributed by atoms with E-state index in [9.17, 15) is 27.2 Å². The molecule has 11 heteroatoms. The van der Waals surface area contributed by atoms with E-state index in [4.69, 9.17) is 9.47 Å². The second-order valence-corrected chi connectivity index (χ2v) is 9.57. The standard InChI is InChI=1S/C27H31F4N3O4/c1-37-23-13-17-7-10-34(16-20(17)14-24(23)38-2)26(36)19-4-3-9-33(15-19)11-8-32-25(35)18-5-6-22(28)21(12-18)27(29,30)31/h5-6,12-14,19H,3-4,7-11,15-16H2,1-2H3,(H,32,35). The topological polar surface area (TPSA) is 71.1 Å². The van der Waals surface area contributed by atoms with Crippen LogP contribution in [0.3, 0.4) is 0 Å². The first-order valence-corrected chi connectivity index (χ1v) is 12.5. The van der Waals surface area contributed by atoms with Gasteiger partial charge in [0.05, 0.1) is 25.7 Å². The molecular formula is C27H31F4N3O4. The molecule has 1 saturated heterocycles. The Morgan fingerprint density at radius 1 is 1.05 bits per heavy atom. The van der Waals surface area contributed by atoms with Crippen LogP contribution >= 0.6 is 0 Å². The van der Waals surface area contributed by atoms with Crippen LogP contribution in [0.5, 0.6) is 11.5 Å². The number of piperidine rings is 1. The number of nitrogens with one attached hydrogen (secondary N) is 1. The van der Waals surface area contributed by atoms with Crippen molar-refractivity contribution in [2.75, 3.05) is 46.9 Å². The Morgan fingerprint density at radius 2 is 1.76 bits per heavy atom. The van der Waals surface area contributed by atoms with E-state index in [0.29, 0.717) is 49.8 Å². The summed E-state index contributed by atoms with van der Waals surface area (Å²) >= 11 is 0. The van der Waals surface area contributed by atoms with Crippen LogP contribution in [0, 0.1) is 11.7 Å². The normalized spacial score (nSPS) is 18.1. The number of methoxy groups -OCH3 is 2. The maximum Gasteiger partial charge on any atom is 0.419 e. The van der Waals surface area contributed by atoms with Crippen molar-refractivity contribution in [3.05, 3.63) is 58.4 Å². The van der Waals surface area contributed by atoms with Crippen LogP contribution in [-0.2, 0) is 23.9 Å². The molecule has 0 aromatic heterocycles. The second-order valence-electron chi connectivity index (χ2n) is 9.57. The predicted molar refractivity (Wildman–Crippen MR) is 132 cm³/mol. The average molecular weight is 538 g/mol. The number of hydrogen-bond acceptors (Lipinski definition) is 5. The molecule has 0 radical (unpaired) electrons. The molecule has 0 bridgehead atoms. The Bertz CT molecular complexity index is 1190. The van der Waals surface area contributed by atoms with E-state index >= 15 is 0 Å². The zero-order chi connectivity index (χ0) is 27.4. The molecule has 2 aromatic rings. The summed E-state index contributed by atoms with van der Waals surface area (Å²) in [6, 6.07) is 6.06. The number of carbonyl (C=O) groups excluding carboxylic acids is 2. The summed E-state index contributed by atoms with van der Waals surface area (Å²) in [7, 11) is 3.17. The Balaban J connectivity index is 1.30. The van der Waals surface area contributed by atoms with Crippen LogP contribution in [-0.4, -0.2) is 68.6 Å². The van der Waals surface area contributed by atoms with E-state index < -0.39 is 23.5 Å². The smallest absolute Gasteiger partial charge is 0.419 e. The molecule has 0 spiro atoms. The molecule has 2 aromatic carbocycles. The summed E-state index contributed by atoms with van der Waals surface area (Å²) in [5.41, 5.74) is 0.439. The lowest BCUT2D eigenvalue weighted by Crippen LogP contribution is -2.47. The van der Waals surface area contributed by atoms with Gasteiger partial charge in [0.15, 0.2) is 11.5 Å². The van der Waals surface area contributed by atoms with Crippen molar-refractivity contribution >= 4 is 11.8 Å². The lowest BCUT2D eigenvalue weighted by Gasteiger charge is -2.37. The van der Waals surface area contributed by atoms with Crippen LogP contribution in [0.4, 0.5) is 17.6 Å². The minimum Gasteiger partial charge on any atom is -0.493 e. The lowest BCUT2D eigenvalue weighted by atomic mass is 9.93. The number of rotatable bonds is 7. The molecule has 1 N–H and O–H groups in total. The van der Waals surface area contributed by atoms with E-state index in [1.807, 2.05) is 17.0 Å². The van der Waals surface area contributed by atoms with Gasteiger partial charge in [-0.15, -0.1) is 0 Å². The molecule has 0 saturated carbocycles. The summed E-state index contributed by atoms with van der Waals surface area (Å²) < 4.78 is 63.1. The number of likely N-dealkylation sites (tertiary alicyclic amines) is 1. The first-order chi connectivity index (χ1) is 18.1. The van der Waals surface area contributed by atoms with Gasteiger partial charge in [-0.2, -0.15) is 13.2 Å². The number of halogens is 4. The van der Waals surface area contributed by atoms with Gasteiger partial charge in [-0.3, -0.25) is 9.59 Å². The molecule has 2 heterocycles. The van der Waals surface area contributed by atoms with Crippen molar-refractivity contribution in [3.8, 4) is 11.5 Å². The minimum atomic E-state index is -4.88. The summed E-state index contributed by atoms with van der Waals surface area (Å²) in [6.07, 6.45) is -2.56. The number of alkyl halides is 3. The molecule has 0 aliphatic carbocycles. The molecule has 206 valence electrons. The Kier molecular flexibility index (Phi) is 8.44. The summed E-state index contributed by atoms with van der Waals surface area (Å²) in [5.74, 6) is -0.922. The van der Waals surface area contributed by atoms with Gasteiger partial charge in [0, 0.05) is 38.3 Å². The second kappa shape index (κ2) is 11.6. The Morgan fingerprint density at radius 3 is 2.45 bits per heavy atom. The SMILES string of the molecule is COc1cc2c(cc1OC)CN(C(=O)C1CCCN(CCNC(=O)c3ccc(F)c(C(F)(F)F)c3)C1)CC2. The number of hydrogen-bond donors (Lipinski definition) is 1. The largest absolute Gasteiger partial charge is 0.493 e. The predicted octanol–water partition coefficient (Wildman–Crippen LogP) is 3.89. The van der Waals surface area contributed by atoms with Gasteiger partial charge >= 0.3 is 6.18 Å². The monoisotopic (exact) mass is 537 g/mol. The van der Waals surface area contributed by atoms with Crippen molar-refractivity contribution in [1.29, 1.82) is 0 Å². The third-order valence-electron chi connectivity index (χ3n) is 7.13. The Labute approximate surface area is 218 Å². The highest BCUT2D eigenvalue weighted by Crippen LogP contribution is 2.34. The number of benzene rings is 2. The molecular weight excluding hydrogens is 506 g/mol. The quantitative estimate of drug-likeness (QED) is 0.543. The minimum absolute atomic E-state index is 0.0881. The maximum atomic E-state index is 13.5. The average Bonchev–Trinajstić information content (AvgIpc) is 2.91. The zero-order valence-electron chi connectivity index (χ0n) is 21.4. The first-order valence-electron chi connectivity index (χ1n) is 12.5. The number of fused-ring (bicyclic) bond motifs is 1. The third kappa shape index (κ3) is 6.20. The number of carbonyl (C=O) groups is 2. The molecule has 38 heavy (non-hydrogen) atoms. The highest BCUT2D eigenvalue weighted by atomic mass is 19.4. The zero-order valence-corrected chi connectivity index (χ0v) is 21.4. The van der Waals surface area contributed by atoms with Crippen molar-refractivity contribution in [3.63, 3.8) is 0 Å². The molecule has 2 aliphatic heterocycles. The van der Waals surface area contributed by atoms with E-state index in [1.54, 1.807) is 14.2 Å². The van der Waals surface area contributed by atoms with Gasteiger partial charge in [-0.1, -0.05) is 0 Å². The van der Waals surface area contributed by atoms with E-state index in [0.717, 1.165) is 43.0 Å². The van der Waals surface area contributed by atoms with Gasteiger partial charge in [0.1, 0.15) is 5.82 Å². The highest BCUT2D eigenvalue weighted by molar-refractivity contribution is 5.94. The molecule has 4 rings (SSSR count).